The lowest BCUT2D eigenvalue weighted by molar-refractivity contribution is 0.198. The van der Waals surface area contributed by atoms with Gasteiger partial charge in [0.2, 0.25) is 0 Å². The highest BCUT2D eigenvalue weighted by Gasteiger charge is 2.13. The average Bonchev–Trinajstić information content (AvgIpc) is 2.82. The van der Waals surface area contributed by atoms with Crippen LogP contribution in [0, 0.1) is 5.82 Å². The smallest absolute Gasteiger partial charge is 0.123 e. The Bertz CT molecular complexity index is 734. The van der Waals surface area contributed by atoms with Crippen LogP contribution < -0.4 is 0 Å². The summed E-state index contributed by atoms with van der Waals surface area (Å²) in [5.41, 5.74) is 3.08. The molecule has 19 heavy (non-hydrogen) atoms. The predicted molar refractivity (Wildman–Crippen MR) is 71.7 cm³/mol. The van der Waals surface area contributed by atoms with E-state index in [1.54, 1.807) is 19.3 Å². The molecule has 0 aliphatic rings. The van der Waals surface area contributed by atoms with E-state index in [0.717, 1.165) is 16.7 Å². The average molecular weight is 256 g/mol. The van der Waals surface area contributed by atoms with E-state index < -0.39 is 6.10 Å². The minimum Gasteiger partial charge on any atom is -0.389 e. The molecule has 0 saturated heterocycles. The molecule has 1 unspecified atom stereocenters. The fourth-order valence-corrected chi connectivity index (χ4v) is 2.23. The molecule has 0 aliphatic carbocycles. The molecular weight excluding hydrogens is 243 g/mol. The highest BCUT2D eigenvalue weighted by molar-refractivity contribution is 5.77. The van der Waals surface area contributed by atoms with E-state index in [-0.39, 0.29) is 5.82 Å². The van der Waals surface area contributed by atoms with Crippen molar-refractivity contribution in [3.63, 3.8) is 0 Å². The van der Waals surface area contributed by atoms with Gasteiger partial charge in [0.05, 0.1) is 22.8 Å². The summed E-state index contributed by atoms with van der Waals surface area (Å²) >= 11 is 0. The van der Waals surface area contributed by atoms with E-state index in [9.17, 15) is 9.50 Å². The fourth-order valence-electron chi connectivity index (χ4n) is 2.23. The van der Waals surface area contributed by atoms with Crippen molar-refractivity contribution < 1.29 is 9.50 Å². The molecule has 0 amide bonds. The summed E-state index contributed by atoms with van der Waals surface area (Å²) < 4.78 is 15.2. The standard InChI is InChI=1S/C15H13FN2O/c1-10(19)12-8-11(16)6-7-14(12)18-9-17-13-4-2-3-5-15(13)18/h2-10,19H,1H3. The summed E-state index contributed by atoms with van der Waals surface area (Å²) in [6.45, 7) is 1.62. The molecule has 96 valence electrons. The summed E-state index contributed by atoms with van der Waals surface area (Å²) in [7, 11) is 0. The Kier molecular flexibility index (Phi) is 2.80. The van der Waals surface area contributed by atoms with Gasteiger partial charge < -0.3 is 5.11 Å². The van der Waals surface area contributed by atoms with Crippen LogP contribution in [0.3, 0.4) is 0 Å². The van der Waals surface area contributed by atoms with E-state index >= 15 is 0 Å². The van der Waals surface area contributed by atoms with Gasteiger partial charge in [-0.2, -0.15) is 0 Å². The zero-order valence-electron chi connectivity index (χ0n) is 10.4. The summed E-state index contributed by atoms with van der Waals surface area (Å²) in [5, 5.41) is 9.80. The van der Waals surface area contributed by atoms with E-state index in [0.29, 0.717) is 5.56 Å². The fraction of sp³-hybridized carbons (Fsp3) is 0.133. The maximum Gasteiger partial charge on any atom is 0.123 e. The van der Waals surface area contributed by atoms with Crippen LogP contribution in [0.5, 0.6) is 0 Å². The Balaban J connectivity index is 2.27. The van der Waals surface area contributed by atoms with Crippen LogP contribution in [0.2, 0.25) is 0 Å². The van der Waals surface area contributed by atoms with Crippen molar-refractivity contribution in [2.45, 2.75) is 13.0 Å². The van der Waals surface area contributed by atoms with Gasteiger partial charge in [0, 0.05) is 5.56 Å². The second-order valence-corrected chi connectivity index (χ2v) is 4.48. The molecular formula is C15H13FN2O. The molecule has 1 N–H and O–H groups in total. The van der Waals surface area contributed by atoms with Crippen molar-refractivity contribution in [2.75, 3.05) is 0 Å². The first-order valence-electron chi connectivity index (χ1n) is 6.07. The number of fused-ring (bicyclic) bond motifs is 1. The summed E-state index contributed by atoms with van der Waals surface area (Å²) in [5.74, 6) is -0.357. The molecule has 0 radical (unpaired) electrons. The Hall–Kier alpha value is -2.20. The molecule has 1 atom stereocenters. The Morgan fingerprint density at radius 1 is 1.21 bits per heavy atom. The van der Waals surface area contributed by atoms with Crippen LogP contribution in [-0.4, -0.2) is 14.7 Å². The largest absolute Gasteiger partial charge is 0.389 e. The molecule has 1 aromatic heterocycles. The highest BCUT2D eigenvalue weighted by atomic mass is 19.1. The number of para-hydroxylation sites is 2. The first-order valence-corrected chi connectivity index (χ1v) is 6.07. The highest BCUT2D eigenvalue weighted by Crippen LogP contribution is 2.25. The molecule has 0 bridgehead atoms. The van der Waals surface area contributed by atoms with Crippen LogP contribution in [0.1, 0.15) is 18.6 Å². The van der Waals surface area contributed by atoms with Crippen LogP contribution in [0.4, 0.5) is 4.39 Å². The lowest BCUT2D eigenvalue weighted by atomic mass is 10.1. The summed E-state index contributed by atoms with van der Waals surface area (Å²) in [6.07, 6.45) is 0.941. The molecule has 3 aromatic rings. The lowest BCUT2D eigenvalue weighted by Crippen LogP contribution is -2.02. The quantitative estimate of drug-likeness (QED) is 0.764. The number of aliphatic hydroxyl groups excluding tert-OH is 1. The van der Waals surface area contributed by atoms with Crippen LogP contribution in [0.25, 0.3) is 16.7 Å². The van der Waals surface area contributed by atoms with Crippen molar-refractivity contribution in [1.82, 2.24) is 9.55 Å². The number of rotatable bonds is 2. The van der Waals surface area contributed by atoms with Gasteiger partial charge in [-0.25, -0.2) is 9.37 Å². The SMILES string of the molecule is CC(O)c1cc(F)ccc1-n1cnc2ccccc21. The van der Waals surface area contributed by atoms with Gasteiger partial charge in [-0.15, -0.1) is 0 Å². The molecule has 3 rings (SSSR count). The van der Waals surface area contributed by atoms with E-state index in [1.807, 2.05) is 28.8 Å². The Morgan fingerprint density at radius 2 is 2.00 bits per heavy atom. The molecule has 0 spiro atoms. The molecule has 2 aromatic carbocycles. The normalized spacial score (nSPS) is 12.8. The first-order chi connectivity index (χ1) is 9.16. The van der Waals surface area contributed by atoms with Crippen LogP contribution in [0.15, 0.2) is 48.8 Å². The third-order valence-corrected chi connectivity index (χ3v) is 3.15. The van der Waals surface area contributed by atoms with E-state index in [4.69, 9.17) is 0 Å². The minimum atomic E-state index is -0.744. The maximum atomic E-state index is 13.3. The van der Waals surface area contributed by atoms with Crippen molar-refractivity contribution in [3.05, 3.63) is 60.2 Å². The van der Waals surface area contributed by atoms with Gasteiger partial charge >= 0.3 is 0 Å². The predicted octanol–water partition coefficient (Wildman–Crippen LogP) is 3.22. The zero-order chi connectivity index (χ0) is 13.4. The zero-order valence-corrected chi connectivity index (χ0v) is 10.4. The summed E-state index contributed by atoms with van der Waals surface area (Å²) in [6, 6.07) is 12.1. The first kappa shape index (κ1) is 11.9. The monoisotopic (exact) mass is 256 g/mol. The number of hydrogen-bond donors (Lipinski definition) is 1. The number of benzene rings is 2. The third kappa shape index (κ3) is 2.00. The molecule has 0 fully saturated rings. The molecule has 0 aliphatic heterocycles. The number of aliphatic hydroxyl groups is 1. The van der Waals surface area contributed by atoms with Gasteiger partial charge in [-0.3, -0.25) is 4.57 Å². The number of imidazole rings is 1. The van der Waals surface area contributed by atoms with Gasteiger partial charge in [-0.1, -0.05) is 12.1 Å². The van der Waals surface area contributed by atoms with Gasteiger partial charge in [0.15, 0.2) is 0 Å². The molecule has 3 nitrogen and oxygen atoms in total. The minimum absolute atomic E-state index is 0.357. The lowest BCUT2D eigenvalue weighted by Gasteiger charge is -2.13. The van der Waals surface area contributed by atoms with Gasteiger partial charge in [0.1, 0.15) is 12.1 Å². The summed E-state index contributed by atoms with van der Waals surface area (Å²) in [4.78, 5) is 4.31. The van der Waals surface area contributed by atoms with Crippen molar-refractivity contribution in [3.8, 4) is 5.69 Å². The topological polar surface area (TPSA) is 38.0 Å². The van der Waals surface area contributed by atoms with Crippen molar-refractivity contribution in [1.29, 1.82) is 0 Å². The Morgan fingerprint density at radius 3 is 2.79 bits per heavy atom. The van der Waals surface area contributed by atoms with Crippen molar-refractivity contribution in [2.24, 2.45) is 0 Å². The maximum absolute atomic E-state index is 13.3. The second-order valence-electron chi connectivity index (χ2n) is 4.48. The second kappa shape index (κ2) is 4.48. The number of aromatic nitrogens is 2. The van der Waals surface area contributed by atoms with Gasteiger partial charge in [-0.05, 0) is 37.3 Å². The van der Waals surface area contributed by atoms with Crippen LogP contribution >= 0.6 is 0 Å². The number of halogens is 1. The third-order valence-electron chi connectivity index (χ3n) is 3.15. The van der Waals surface area contributed by atoms with Gasteiger partial charge in [0.25, 0.3) is 0 Å². The number of nitrogens with zero attached hydrogens (tertiary/aromatic N) is 2. The van der Waals surface area contributed by atoms with Crippen molar-refractivity contribution >= 4 is 11.0 Å². The number of hydrogen-bond acceptors (Lipinski definition) is 2. The molecule has 4 heteroatoms. The van der Waals surface area contributed by atoms with E-state index in [1.165, 1.54) is 12.1 Å². The Labute approximate surface area is 109 Å². The van der Waals surface area contributed by atoms with E-state index in [2.05, 4.69) is 4.98 Å². The molecule has 0 saturated carbocycles. The molecule has 1 heterocycles. The van der Waals surface area contributed by atoms with Crippen LogP contribution in [-0.2, 0) is 0 Å².